The first kappa shape index (κ1) is 15.9. The lowest BCUT2D eigenvalue weighted by Crippen LogP contribution is -2.42. The van der Waals surface area contributed by atoms with E-state index in [-0.39, 0.29) is 18.4 Å². The Hall–Kier alpha value is -0.440. The van der Waals surface area contributed by atoms with Gasteiger partial charge < -0.3 is 4.74 Å². The number of sulfonamides is 1. The van der Waals surface area contributed by atoms with Crippen molar-refractivity contribution in [3.05, 3.63) is 15.9 Å². The van der Waals surface area contributed by atoms with Crippen LogP contribution >= 0.6 is 27.3 Å². The number of halogens is 1. The normalized spacial score (nSPS) is 20.8. The zero-order valence-corrected chi connectivity index (χ0v) is 14.3. The second kappa shape index (κ2) is 6.55. The van der Waals surface area contributed by atoms with Crippen LogP contribution < -0.4 is 0 Å². The Morgan fingerprint density at radius 2 is 2.35 bits per heavy atom. The van der Waals surface area contributed by atoms with Crippen molar-refractivity contribution in [1.82, 2.24) is 4.31 Å². The zero-order chi connectivity index (χ0) is 14.8. The number of hydrogen-bond donors (Lipinski definition) is 0. The molecule has 1 aromatic heterocycles. The van der Waals surface area contributed by atoms with E-state index >= 15 is 0 Å². The van der Waals surface area contributed by atoms with Crippen LogP contribution in [-0.2, 0) is 19.6 Å². The van der Waals surface area contributed by atoms with Crippen LogP contribution in [0.15, 0.2) is 20.1 Å². The molecule has 1 aliphatic rings. The number of thiophene rings is 1. The van der Waals surface area contributed by atoms with Crippen LogP contribution in [-0.4, -0.2) is 38.4 Å². The number of esters is 1. The third kappa shape index (κ3) is 3.24. The molecular formula is C12H16BrNO4S2. The minimum atomic E-state index is -3.53. The Morgan fingerprint density at radius 3 is 2.95 bits per heavy atom. The third-order valence-electron chi connectivity index (χ3n) is 3.16. The van der Waals surface area contributed by atoms with Gasteiger partial charge in [-0.3, -0.25) is 4.79 Å². The number of hydrogen-bond acceptors (Lipinski definition) is 5. The Balaban J connectivity index is 2.17. The van der Waals surface area contributed by atoms with Gasteiger partial charge in [-0.1, -0.05) is 0 Å². The summed E-state index contributed by atoms with van der Waals surface area (Å²) in [6.07, 6.45) is 1.35. The first-order chi connectivity index (χ1) is 9.46. The molecule has 0 amide bonds. The molecular weight excluding hydrogens is 366 g/mol. The van der Waals surface area contributed by atoms with Gasteiger partial charge in [0.1, 0.15) is 4.21 Å². The summed E-state index contributed by atoms with van der Waals surface area (Å²) < 4.78 is 32.3. The van der Waals surface area contributed by atoms with Crippen molar-refractivity contribution in [2.24, 2.45) is 5.92 Å². The van der Waals surface area contributed by atoms with Crippen LogP contribution in [0.1, 0.15) is 19.8 Å². The lowest BCUT2D eigenvalue weighted by atomic mass is 10.0. The molecule has 0 radical (unpaired) electrons. The summed E-state index contributed by atoms with van der Waals surface area (Å²) >= 11 is 4.43. The van der Waals surface area contributed by atoms with Crippen LogP contribution in [0.2, 0.25) is 0 Å². The van der Waals surface area contributed by atoms with Crippen molar-refractivity contribution in [2.75, 3.05) is 19.7 Å². The van der Waals surface area contributed by atoms with E-state index in [2.05, 4.69) is 15.9 Å². The summed E-state index contributed by atoms with van der Waals surface area (Å²) in [5.41, 5.74) is 0. The van der Waals surface area contributed by atoms with Crippen molar-refractivity contribution >= 4 is 43.3 Å². The van der Waals surface area contributed by atoms with Gasteiger partial charge in [0.2, 0.25) is 0 Å². The first-order valence-electron chi connectivity index (χ1n) is 6.36. The Kier molecular flexibility index (Phi) is 5.22. The molecule has 20 heavy (non-hydrogen) atoms. The molecule has 8 heteroatoms. The number of piperidine rings is 1. The predicted octanol–water partition coefficient (Wildman–Crippen LogP) is 2.47. The van der Waals surface area contributed by atoms with Gasteiger partial charge in [0.05, 0.1) is 12.5 Å². The van der Waals surface area contributed by atoms with E-state index in [9.17, 15) is 13.2 Å². The fraction of sp³-hybridized carbons (Fsp3) is 0.583. The molecule has 0 aliphatic carbocycles. The molecule has 0 aromatic carbocycles. The molecule has 1 saturated heterocycles. The van der Waals surface area contributed by atoms with E-state index in [4.69, 9.17) is 4.74 Å². The van der Waals surface area contributed by atoms with E-state index in [1.807, 2.05) is 0 Å². The molecule has 0 spiro atoms. The summed E-state index contributed by atoms with van der Waals surface area (Å²) in [5.74, 6) is -0.671. The van der Waals surface area contributed by atoms with Gasteiger partial charge in [-0.2, -0.15) is 4.31 Å². The topological polar surface area (TPSA) is 63.7 Å². The maximum absolute atomic E-state index is 12.5. The molecule has 112 valence electrons. The minimum absolute atomic E-state index is 0.200. The molecule has 0 N–H and O–H groups in total. The van der Waals surface area contributed by atoms with Gasteiger partial charge in [-0.15, -0.1) is 11.3 Å². The molecule has 0 bridgehead atoms. The molecule has 1 aliphatic heterocycles. The van der Waals surface area contributed by atoms with Crippen LogP contribution in [0.25, 0.3) is 0 Å². The molecule has 5 nitrogen and oxygen atoms in total. The standard InChI is InChI=1S/C12H16BrNO4S2/c1-2-18-11(15)9-4-3-6-14(8-9)20(16,17)12-10(13)5-7-19-12/h5,7,9H,2-4,6,8H2,1H3/t9-/m0/s1. The number of carbonyl (C=O) groups excluding carboxylic acids is 1. The largest absolute Gasteiger partial charge is 0.466 e. The van der Waals surface area contributed by atoms with Crippen LogP contribution in [0.3, 0.4) is 0 Å². The Labute approximate surface area is 131 Å². The van der Waals surface area contributed by atoms with Crippen molar-refractivity contribution in [3.63, 3.8) is 0 Å². The number of ether oxygens (including phenoxy) is 1. The predicted molar refractivity (Wildman–Crippen MR) is 80.1 cm³/mol. The highest BCUT2D eigenvalue weighted by Gasteiger charge is 2.35. The SMILES string of the molecule is CCOC(=O)[C@H]1CCCN(S(=O)(=O)c2sccc2Br)C1. The summed E-state index contributed by atoms with van der Waals surface area (Å²) in [4.78, 5) is 11.8. The molecule has 1 aromatic rings. The summed E-state index contributed by atoms with van der Waals surface area (Å²) in [6.45, 7) is 2.71. The maximum Gasteiger partial charge on any atom is 0.310 e. The highest BCUT2D eigenvalue weighted by atomic mass is 79.9. The Bertz CT molecular complexity index is 584. The number of nitrogens with zero attached hydrogens (tertiary/aromatic N) is 1. The number of rotatable bonds is 4. The highest BCUT2D eigenvalue weighted by molar-refractivity contribution is 9.10. The van der Waals surface area contributed by atoms with Gasteiger partial charge >= 0.3 is 5.97 Å². The average molecular weight is 382 g/mol. The monoisotopic (exact) mass is 381 g/mol. The van der Waals surface area contributed by atoms with Crippen LogP contribution in [0, 0.1) is 5.92 Å². The third-order valence-corrected chi connectivity index (χ3v) is 7.68. The lowest BCUT2D eigenvalue weighted by Gasteiger charge is -2.30. The molecule has 0 saturated carbocycles. The van der Waals surface area contributed by atoms with Gasteiger partial charge in [0.15, 0.2) is 0 Å². The maximum atomic E-state index is 12.5. The molecule has 2 rings (SSSR count). The van der Waals surface area contributed by atoms with Crippen LogP contribution in [0.4, 0.5) is 0 Å². The summed E-state index contributed by atoms with van der Waals surface area (Å²) in [5, 5.41) is 1.73. The second-order valence-corrected chi connectivity index (χ2v) is 8.41. The van der Waals surface area contributed by atoms with E-state index in [0.717, 1.165) is 0 Å². The fourth-order valence-corrected chi connectivity index (χ4v) is 6.17. The number of carbonyl (C=O) groups is 1. The highest BCUT2D eigenvalue weighted by Crippen LogP contribution is 2.32. The van der Waals surface area contributed by atoms with Crippen molar-refractivity contribution in [1.29, 1.82) is 0 Å². The van der Waals surface area contributed by atoms with E-state index in [1.165, 1.54) is 15.6 Å². The van der Waals surface area contributed by atoms with Crippen LogP contribution in [0.5, 0.6) is 0 Å². The molecule has 2 heterocycles. The molecule has 0 unspecified atom stereocenters. The zero-order valence-electron chi connectivity index (χ0n) is 11.0. The van der Waals surface area contributed by atoms with E-state index < -0.39 is 10.0 Å². The Morgan fingerprint density at radius 1 is 1.60 bits per heavy atom. The van der Waals surface area contributed by atoms with Crippen molar-refractivity contribution in [2.45, 2.75) is 24.0 Å². The van der Waals surface area contributed by atoms with Gasteiger partial charge in [-0.05, 0) is 47.1 Å². The molecule has 1 fully saturated rings. The smallest absolute Gasteiger partial charge is 0.310 e. The van der Waals surface area contributed by atoms with E-state index in [0.29, 0.717) is 34.7 Å². The van der Waals surface area contributed by atoms with Crippen molar-refractivity contribution in [3.8, 4) is 0 Å². The molecule has 1 atom stereocenters. The summed E-state index contributed by atoms with van der Waals surface area (Å²) in [7, 11) is -3.53. The van der Waals surface area contributed by atoms with E-state index in [1.54, 1.807) is 18.4 Å². The van der Waals surface area contributed by atoms with Crippen molar-refractivity contribution < 1.29 is 17.9 Å². The minimum Gasteiger partial charge on any atom is -0.466 e. The first-order valence-corrected chi connectivity index (χ1v) is 9.48. The summed E-state index contributed by atoms with van der Waals surface area (Å²) in [6, 6.07) is 1.71. The fourth-order valence-electron chi connectivity index (χ4n) is 2.19. The van der Waals surface area contributed by atoms with Gasteiger partial charge in [0, 0.05) is 17.6 Å². The van der Waals surface area contributed by atoms with Gasteiger partial charge in [-0.25, -0.2) is 8.42 Å². The average Bonchev–Trinajstić information content (AvgIpc) is 2.86. The second-order valence-electron chi connectivity index (χ2n) is 4.51. The van der Waals surface area contributed by atoms with Gasteiger partial charge in [0.25, 0.3) is 10.0 Å². The quantitative estimate of drug-likeness (QED) is 0.751. The lowest BCUT2D eigenvalue weighted by molar-refractivity contribution is -0.149.